The van der Waals surface area contributed by atoms with Gasteiger partial charge in [-0.1, -0.05) is 69.1 Å². The minimum Gasteiger partial charge on any atom is -0.469 e. The number of hydrogen-bond donors (Lipinski definition) is 9. The summed E-state index contributed by atoms with van der Waals surface area (Å²) in [7, 11) is 1.42. The average molecular weight is 951 g/mol. The van der Waals surface area contributed by atoms with Crippen molar-refractivity contribution in [1.82, 2.24) is 5.32 Å². The second kappa shape index (κ2) is 18.1. The van der Waals surface area contributed by atoms with Gasteiger partial charge in [0.1, 0.15) is 42.7 Å². The largest absolute Gasteiger partial charge is 0.469 e. The molecule has 1 amide bonds. The van der Waals surface area contributed by atoms with Crippen molar-refractivity contribution in [3.8, 4) is 0 Å². The smallest absolute Gasteiger partial charge is 0.311 e. The minimum atomic E-state index is -1.73. The van der Waals surface area contributed by atoms with Gasteiger partial charge in [-0.3, -0.25) is 9.59 Å². The molecule has 4 saturated carbocycles. The molecule has 66 heavy (non-hydrogen) atoms. The Balaban J connectivity index is 1.03. The molecule has 2 aliphatic heterocycles. The normalized spacial score (nSPS) is 49.0. The van der Waals surface area contributed by atoms with Gasteiger partial charge in [-0.25, -0.2) is 0 Å². The summed E-state index contributed by atoms with van der Waals surface area (Å²) in [5, 5.41) is 90.5. The molecule has 2 heterocycles. The van der Waals surface area contributed by atoms with Gasteiger partial charge in [-0.2, -0.15) is 0 Å². The van der Waals surface area contributed by atoms with E-state index in [-0.39, 0.29) is 53.7 Å². The van der Waals surface area contributed by atoms with Gasteiger partial charge in [0.05, 0.1) is 50.0 Å². The van der Waals surface area contributed by atoms with Gasteiger partial charge in [-0.15, -0.1) is 0 Å². The van der Waals surface area contributed by atoms with Gasteiger partial charge in [-0.05, 0) is 110 Å². The van der Waals surface area contributed by atoms with Crippen molar-refractivity contribution in [1.29, 1.82) is 0 Å². The van der Waals surface area contributed by atoms with Crippen LogP contribution in [0, 0.1) is 50.2 Å². The summed E-state index contributed by atoms with van der Waals surface area (Å²) in [5.74, 6) is -0.618. The molecule has 7 aliphatic rings. The monoisotopic (exact) mass is 949 g/mol. The first-order chi connectivity index (χ1) is 31.1. The van der Waals surface area contributed by atoms with Crippen molar-refractivity contribution >= 4 is 23.5 Å². The van der Waals surface area contributed by atoms with Gasteiger partial charge in [0.2, 0.25) is 5.91 Å². The van der Waals surface area contributed by atoms with Gasteiger partial charge in [0.25, 0.3) is 0 Å². The third-order valence-electron chi connectivity index (χ3n) is 18.9. The second-order valence-electron chi connectivity index (χ2n) is 22.1. The van der Waals surface area contributed by atoms with E-state index in [2.05, 4.69) is 32.2 Å². The lowest BCUT2D eigenvalue weighted by Gasteiger charge is -2.72. The number of methoxy groups -OCH3 is 1. The molecule has 16 nitrogen and oxygen atoms in total. The van der Waals surface area contributed by atoms with E-state index in [9.17, 15) is 50.4 Å². The fourth-order valence-corrected chi connectivity index (χ4v) is 15.0. The van der Waals surface area contributed by atoms with E-state index >= 15 is 0 Å². The maximum absolute atomic E-state index is 14.7. The minimum absolute atomic E-state index is 0.0261. The lowest BCUT2D eigenvalue weighted by molar-refractivity contribution is -0.357. The Hall–Kier alpha value is -2.29. The molecule has 1 aromatic carbocycles. The molecular formula is C49H72ClNO15. The van der Waals surface area contributed by atoms with E-state index in [1.165, 1.54) is 12.7 Å². The van der Waals surface area contributed by atoms with Crippen molar-refractivity contribution < 1.29 is 74.1 Å². The number of nitrogens with one attached hydrogen (secondary N) is 1. The number of rotatable bonds is 10. The summed E-state index contributed by atoms with van der Waals surface area (Å²) in [4.78, 5) is 28.2. The molecule has 0 spiro atoms. The van der Waals surface area contributed by atoms with E-state index in [0.717, 1.165) is 18.4 Å². The number of aliphatic hydroxyl groups is 8. The molecular weight excluding hydrogens is 878 g/mol. The molecule has 370 valence electrons. The second-order valence-corrected chi connectivity index (χ2v) is 22.5. The van der Waals surface area contributed by atoms with Crippen LogP contribution in [0.5, 0.6) is 0 Å². The lowest BCUT2D eigenvalue weighted by Crippen LogP contribution is -2.69. The number of carbonyl (C=O) groups excluding carboxylic acids is 2. The number of allylic oxidation sites excluding steroid dienone is 2. The molecule has 8 rings (SSSR count). The fourth-order valence-electron chi connectivity index (χ4n) is 14.8. The number of fused-ring (bicyclic) bond motifs is 7. The van der Waals surface area contributed by atoms with Gasteiger partial charge >= 0.3 is 5.97 Å². The summed E-state index contributed by atoms with van der Waals surface area (Å²) in [6, 6.07) is 7.48. The summed E-state index contributed by atoms with van der Waals surface area (Å²) >= 11 is 6.51. The van der Waals surface area contributed by atoms with Crippen LogP contribution in [0.15, 0.2) is 35.9 Å². The molecule has 0 unspecified atom stereocenters. The molecule has 2 saturated heterocycles. The van der Waals surface area contributed by atoms with Crippen LogP contribution in [0.1, 0.15) is 98.0 Å². The van der Waals surface area contributed by atoms with Crippen molar-refractivity contribution in [3.63, 3.8) is 0 Å². The molecule has 6 fully saturated rings. The van der Waals surface area contributed by atoms with Crippen LogP contribution < -0.4 is 5.32 Å². The van der Waals surface area contributed by atoms with E-state index in [0.29, 0.717) is 56.5 Å². The zero-order valence-electron chi connectivity index (χ0n) is 39.0. The highest BCUT2D eigenvalue weighted by Crippen LogP contribution is 2.76. The highest BCUT2D eigenvalue weighted by molar-refractivity contribution is 6.31. The van der Waals surface area contributed by atoms with Crippen molar-refractivity contribution in [2.75, 3.05) is 26.9 Å². The molecule has 0 bridgehead atoms. The Morgan fingerprint density at radius 2 is 1.53 bits per heavy atom. The average Bonchev–Trinajstić information content (AvgIpc) is 3.29. The summed E-state index contributed by atoms with van der Waals surface area (Å²) < 4.78 is 28.9. The third kappa shape index (κ3) is 7.71. The van der Waals surface area contributed by atoms with Crippen LogP contribution in [0.25, 0.3) is 0 Å². The van der Waals surface area contributed by atoms with Crippen LogP contribution in [-0.4, -0.2) is 147 Å². The Morgan fingerprint density at radius 3 is 2.21 bits per heavy atom. The topological polar surface area (TPSA) is 254 Å². The Bertz CT molecular complexity index is 2010. The first-order valence-corrected chi connectivity index (χ1v) is 24.2. The maximum atomic E-state index is 14.7. The number of hydrogen-bond acceptors (Lipinski definition) is 15. The standard InChI is InChI=1S/C49H72ClNO15/c1-44(43(61)62-6)15-17-49(42(60)51-21-25-9-7-8-10-28(25)50)18-16-47(4)26(27(49)19-44)11-12-33-45(2)20-29(54)39(46(3,24-53)32(45)13-14-48(33,47)5)66-40-37(58)35(56)31(23-63-40)65-41-38(59)36(57)34(55)30(22-52)64-41/h7-11,27,29-41,52-59H,12-24H2,1-6H3,(H,51,60)/t27-,29-,30+,31+,32+,33+,34+,35-,36-,37+,38+,39-,40-,41-,44-,45-,46-,47+,48+,49-/m0/s1. The molecule has 20 atom stereocenters. The summed E-state index contributed by atoms with van der Waals surface area (Å²) in [6.07, 6.45) is -8.31. The Morgan fingerprint density at radius 1 is 0.833 bits per heavy atom. The van der Waals surface area contributed by atoms with Crippen LogP contribution in [0.4, 0.5) is 0 Å². The number of halogens is 1. The molecule has 1 aromatic rings. The van der Waals surface area contributed by atoms with E-state index in [4.69, 9.17) is 35.3 Å². The van der Waals surface area contributed by atoms with Crippen LogP contribution in [0.2, 0.25) is 5.02 Å². The molecule has 9 N–H and O–H groups in total. The predicted octanol–water partition coefficient (Wildman–Crippen LogP) is 2.50. The fraction of sp³-hybridized carbons (Fsp3) is 0.796. The number of amides is 1. The van der Waals surface area contributed by atoms with Crippen molar-refractivity contribution in [2.45, 2.75) is 166 Å². The van der Waals surface area contributed by atoms with Gasteiger partial charge < -0.3 is 69.9 Å². The number of aliphatic hydroxyl groups excluding tert-OH is 8. The molecule has 0 radical (unpaired) electrons. The quantitative estimate of drug-likeness (QED) is 0.0929. The number of ether oxygens (including phenoxy) is 5. The molecule has 0 aromatic heterocycles. The predicted molar refractivity (Wildman–Crippen MR) is 237 cm³/mol. The van der Waals surface area contributed by atoms with Crippen molar-refractivity contribution in [2.24, 2.45) is 50.2 Å². The van der Waals surface area contributed by atoms with Gasteiger partial charge in [0.15, 0.2) is 12.6 Å². The summed E-state index contributed by atoms with van der Waals surface area (Å²) in [5.41, 5.74) is -1.65. The van der Waals surface area contributed by atoms with Crippen LogP contribution in [0.3, 0.4) is 0 Å². The van der Waals surface area contributed by atoms with Crippen LogP contribution >= 0.6 is 11.6 Å². The van der Waals surface area contributed by atoms with E-state index in [1.807, 2.05) is 38.1 Å². The van der Waals surface area contributed by atoms with Crippen molar-refractivity contribution in [3.05, 3.63) is 46.5 Å². The summed E-state index contributed by atoms with van der Waals surface area (Å²) in [6.45, 7) is 9.70. The zero-order valence-corrected chi connectivity index (χ0v) is 39.7. The third-order valence-corrected chi connectivity index (χ3v) is 19.2. The Kier molecular flexibility index (Phi) is 13.8. The first-order valence-electron chi connectivity index (χ1n) is 23.8. The molecule has 5 aliphatic carbocycles. The highest BCUT2D eigenvalue weighted by Gasteiger charge is 2.71. The zero-order chi connectivity index (χ0) is 47.9. The number of benzene rings is 1. The van der Waals surface area contributed by atoms with Gasteiger partial charge in [0, 0.05) is 17.0 Å². The maximum Gasteiger partial charge on any atom is 0.311 e. The molecule has 17 heteroatoms. The van der Waals surface area contributed by atoms with E-state index < -0.39 is 95.8 Å². The Labute approximate surface area is 391 Å². The number of carbonyl (C=O) groups is 2. The number of esters is 1. The lowest BCUT2D eigenvalue weighted by atomic mass is 9.33. The van der Waals surface area contributed by atoms with Crippen LogP contribution in [-0.2, 0) is 39.8 Å². The van der Waals surface area contributed by atoms with E-state index in [1.54, 1.807) is 0 Å². The SMILES string of the molecule is COC(=O)[C@@]1(C)CC[C@]2(C(=O)NCc3ccccc3Cl)CC[C@]3(C)C(=CC[C@@H]4[C@@]5(C)C[C@H](O)[C@H](O[C@@H]6OC[C@@H](O[C@@H]7O[C@H](CO)[C@@H](O)[C@H](O)[C@H]7O)[C@H](O)[C@H]6O)[C@@](C)(CO)[C@@H]5CC[C@]43C)[C@@H]2C1. The highest BCUT2D eigenvalue weighted by atomic mass is 35.5. The first kappa shape index (κ1) is 50.1.